The van der Waals surface area contributed by atoms with Crippen LogP contribution in [0.25, 0.3) is 10.8 Å². The Morgan fingerprint density at radius 3 is 2.17 bits per heavy atom. The van der Waals surface area contributed by atoms with Crippen molar-refractivity contribution in [3.8, 4) is 5.75 Å². The van der Waals surface area contributed by atoms with E-state index in [9.17, 15) is 9.90 Å². The van der Waals surface area contributed by atoms with Crippen LogP contribution in [0.5, 0.6) is 5.75 Å². The first-order chi connectivity index (χ1) is 11.0. The van der Waals surface area contributed by atoms with Crippen LogP contribution in [0.4, 0.5) is 11.4 Å². The van der Waals surface area contributed by atoms with Crippen LogP contribution in [-0.2, 0) is 0 Å². The van der Waals surface area contributed by atoms with Crippen molar-refractivity contribution in [2.75, 3.05) is 24.3 Å². The molecule has 0 saturated heterocycles. The molecule has 0 heterocycles. The van der Waals surface area contributed by atoms with Gasteiger partial charge in [0.25, 0.3) is 5.91 Å². The summed E-state index contributed by atoms with van der Waals surface area (Å²) in [6, 6.07) is 18.5. The van der Waals surface area contributed by atoms with E-state index < -0.39 is 0 Å². The SMILES string of the molecule is CN(C)c1ccc(NC(=O)c2cc3ccccc3cc2O)cc1. The Bertz CT molecular complexity index is 855. The average molecular weight is 306 g/mol. The number of phenols is 1. The molecule has 0 spiro atoms. The van der Waals surface area contributed by atoms with E-state index >= 15 is 0 Å². The van der Waals surface area contributed by atoms with Gasteiger partial charge in [-0.2, -0.15) is 0 Å². The van der Waals surface area contributed by atoms with Crippen molar-refractivity contribution in [3.63, 3.8) is 0 Å². The molecule has 0 saturated carbocycles. The molecule has 0 unspecified atom stereocenters. The molecule has 0 fully saturated rings. The molecular formula is C19H18N2O2. The van der Waals surface area contributed by atoms with E-state index in [1.165, 1.54) is 0 Å². The summed E-state index contributed by atoms with van der Waals surface area (Å²) in [7, 11) is 3.92. The lowest BCUT2D eigenvalue weighted by Crippen LogP contribution is -2.13. The first-order valence-electron chi connectivity index (χ1n) is 7.35. The zero-order chi connectivity index (χ0) is 16.4. The van der Waals surface area contributed by atoms with Gasteiger partial charge in [0.2, 0.25) is 0 Å². The third-order valence-electron chi connectivity index (χ3n) is 3.75. The van der Waals surface area contributed by atoms with E-state index in [2.05, 4.69) is 5.32 Å². The topological polar surface area (TPSA) is 52.6 Å². The maximum absolute atomic E-state index is 12.4. The fourth-order valence-corrected chi connectivity index (χ4v) is 2.45. The molecule has 3 aromatic rings. The molecule has 0 aliphatic rings. The molecule has 0 aliphatic carbocycles. The monoisotopic (exact) mass is 306 g/mol. The Morgan fingerprint density at radius 2 is 1.57 bits per heavy atom. The highest BCUT2D eigenvalue weighted by Crippen LogP contribution is 2.26. The lowest BCUT2D eigenvalue weighted by molar-refractivity contribution is 0.102. The normalized spacial score (nSPS) is 10.5. The second-order valence-electron chi connectivity index (χ2n) is 5.61. The summed E-state index contributed by atoms with van der Waals surface area (Å²) in [5, 5.41) is 14.7. The van der Waals surface area contributed by atoms with Crippen molar-refractivity contribution in [3.05, 3.63) is 66.2 Å². The fourth-order valence-electron chi connectivity index (χ4n) is 2.45. The predicted octanol–water partition coefficient (Wildman–Crippen LogP) is 3.86. The van der Waals surface area contributed by atoms with Crippen molar-refractivity contribution in [2.24, 2.45) is 0 Å². The smallest absolute Gasteiger partial charge is 0.259 e. The molecule has 3 aromatic carbocycles. The van der Waals surface area contributed by atoms with Gasteiger partial charge < -0.3 is 15.3 Å². The van der Waals surface area contributed by atoms with Crippen LogP contribution in [-0.4, -0.2) is 25.1 Å². The van der Waals surface area contributed by atoms with E-state index in [1.807, 2.05) is 67.5 Å². The van der Waals surface area contributed by atoms with E-state index in [-0.39, 0.29) is 17.2 Å². The summed E-state index contributed by atoms with van der Waals surface area (Å²) < 4.78 is 0. The second-order valence-corrected chi connectivity index (χ2v) is 5.61. The van der Waals surface area contributed by atoms with E-state index in [4.69, 9.17) is 0 Å². The van der Waals surface area contributed by atoms with Crippen LogP contribution >= 0.6 is 0 Å². The van der Waals surface area contributed by atoms with E-state index in [0.717, 1.165) is 16.5 Å². The number of anilines is 2. The van der Waals surface area contributed by atoms with Gasteiger partial charge in [0, 0.05) is 25.5 Å². The molecule has 0 aliphatic heterocycles. The average Bonchev–Trinajstić information content (AvgIpc) is 2.54. The van der Waals surface area contributed by atoms with Gasteiger partial charge in [-0.15, -0.1) is 0 Å². The summed E-state index contributed by atoms with van der Waals surface area (Å²) in [5.41, 5.74) is 2.00. The lowest BCUT2D eigenvalue weighted by atomic mass is 10.1. The van der Waals surface area contributed by atoms with Gasteiger partial charge in [0.05, 0.1) is 5.56 Å². The summed E-state index contributed by atoms with van der Waals surface area (Å²) >= 11 is 0. The minimum absolute atomic E-state index is 0.0221. The zero-order valence-electron chi connectivity index (χ0n) is 13.1. The quantitative estimate of drug-likeness (QED) is 0.772. The van der Waals surface area contributed by atoms with Crippen LogP contribution < -0.4 is 10.2 Å². The molecular weight excluding hydrogens is 288 g/mol. The third-order valence-corrected chi connectivity index (χ3v) is 3.75. The molecule has 4 heteroatoms. The van der Waals surface area contributed by atoms with Crippen molar-refractivity contribution in [1.82, 2.24) is 0 Å². The Balaban J connectivity index is 1.86. The van der Waals surface area contributed by atoms with Crippen molar-refractivity contribution in [1.29, 1.82) is 0 Å². The number of hydrogen-bond acceptors (Lipinski definition) is 3. The molecule has 116 valence electrons. The lowest BCUT2D eigenvalue weighted by Gasteiger charge is -2.13. The first kappa shape index (κ1) is 14.9. The van der Waals surface area contributed by atoms with E-state index in [1.54, 1.807) is 12.1 Å². The third kappa shape index (κ3) is 3.11. The molecule has 4 nitrogen and oxygen atoms in total. The van der Waals surface area contributed by atoms with Gasteiger partial charge in [-0.3, -0.25) is 4.79 Å². The summed E-state index contributed by atoms with van der Waals surface area (Å²) in [6.07, 6.45) is 0. The Labute approximate surface area is 135 Å². The highest BCUT2D eigenvalue weighted by atomic mass is 16.3. The van der Waals surface area contributed by atoms with Gasteiger partial charge >= 0.3 is 0 Å². The standard InChI is InChI=1S/C19H18N2O2/c1-21(2)16-9-7-15(8-10-16)20-19(23)17-11-13-5-3-4-6-14(13)12-18(17)22/h3-12,22H,1-2H3,(H,20,23). The molecule has 0 radical (unpaired) electrons. The van der Waals surface area contributed by atoms with Crippen LogP contribution in [0.1, 0.15) is 10.4 Å². The minimum Gasteiger partial charge on any atom is -0.507 e. The van der Waals surface area contributed by atoms with Crippen molar-refractivity contribution in [2.45, 2.75) is 0 Å². The number of rotatable bonds is 3. The molecule has 23 heavy (non-hydrogen) atoms. The van der Waals surface area contributed by atoms with E-state index in [0.29, 0.717) is 5.69 Å². The highest BCUT2D eigenvalue weighted by Gasteiger charge is 2.12. The second kappa shape index (κ2) is 6.01. The summed E-state index contributed by atoms with van der Waals surface area (Å²) in [4.78, 5) is 14.4. The Morgan fingerprint density at radius 1 is 0.957 bits per heavy atom. The molecule has 3 rings (SSSR count). The number of phenolic OH excluding ortho intramolecular Hbond substituents is 1. The molecule has 1 amide bonds. The van der Waals surface area contributed by atoms with Gasteiger partial charge in [-0.25, -0.2) is 0 Å². The number of amides is 1. The number of hydrogen-bond donors (Lipinski definition) is 2. The molecule has 0 atom stereocenters. The number of nitrogens with one attached hydrogen (secondary N) is 1. The Hall–Kier alpha value is -3.01. The maximum Gasteiger partial charge on any atom is 0.259 e. The number of aromatic hydroxyl groups is 1. The fraction of sp³-hybridized carbons (Fsp3) is 0.105. The molecule has 2 N–H and O–H groups in total. The van der Waals surface area contributed by atoms with Crippen molar-refractivity contribution >= 4 is 28.1 Å². The molecule has 0 aromatic heterocycles. The van der Waals surface area contributed by atoms with Crippen LogP contribution in [0.2, 0.25) is 0 Å². The van der Waals surface area contributed by atoms with Crippen LogP contribution in [0.15, 0.2) is 60.7 Å². The summed E-state index contributed by atoms with van der Waals surface area (Å²) in [6.45, 7) is 0. The van der Waals surface area contributed by atoms with Crippen LogP contribution in [0.3, 0.4) is 0 Å². The molecule has 0 bridgehead atoms. The van der Waals surface area contributed by atoms with Gasteiger partial charge in [-0.05, 0) is 47.2 Å². The summed E-state index contributed by atoms with van der Waals surface area (Å²) in [5.74, 6) is -0.350. The van der Waals surface area contributed by atoms with Crippen molar-refractivity contribution < 1.29 is 9.90 Å². The number of benzene rings is 3. The predicted molar refractivity (Wildman–Crippen MR) is 94.3 cm³/mol. The number of carbonyl (C=O) groups is 1. The van der Waals surface area contributed by atoms with Gasteiger partial charge in [0.15, 0.2) is 0 Å². The largest absolute Gasteiger partial charge is 0.507 e. The maximum atomic E-state index is 12.4. The number of fused-ring (bicyclic) bond motifs is 1. The minimum atomic E-state index is -0.328. The van der Waals surface area contributed by atoms with Gasteiger partial charge in [-0.1, -0.05) is 24.3 Å². The number of carbonyl (C=O) groups excluding carboxylic acids is 1. The van der Waals surface area contributed by atoms with Crippen LogP contribution in [0, 0.1) is 0 Å². The Kier molecular flexibility index (Phi) is 3.89. The number of nitrogens with zero attached hydrogens (tertiary/aromatic N) is 1. The highest BCUT2D eigenvalue weighted by molar-refractivity contribution is 6.08. The zero-order valence-corrected chi connectivity index (χ0v) is 13.1. The van der Waals surface area contributed by atoms with Gasteiger partial charge in [0.1, 0.15) is 5.75 Å². The first-order valence-corrected chi connectivity index (χ1v) is 7.35.